The lowest BCUT2D eigenvalue weighted by Gasteiger charge is -2.05. The maximum absolute atomic E-state index is 11.9. The maximum atomic E-state index is 11.9. The monoisotopic (exact) mass is 378 g/mol. The van der Waals surface area contributed by atoms with Gasteiger partial charge < -0.3 is 9.47 Å². The summed E-state index contributed by atoms with van der Waals surface area (Å²) < 4.78 is 10.7. The molecule has 0 saturated carbocycles. The largest absolute Gasteiger partial charge is 0.465 e. The summed E-state index contributed by atoms with van der Waals surface area (Å²) in [5, 5.41) is 0. The molecule has 2 aromatic rings. The molecule has 0 aromatic heterocycles. The molecule has 0 aliphatic rings. The quantitative estimate of drug-likeness (QED) is 0.253. The van der Waals surface area contributed by atoms with Crippen LogP contribution in [0.3, 0.4) is 0 Å². The molecular weight excluding hydrogens is 348 g/mol. The molecule has 0 aliphatic heterocycles. The van der Waals surface area contributed by atoms with Crippen LogP contribution in [0.5, 0.6) is 0 Å². The van der Waals surface area contributed by atoms with Crippen LogP contribution in [-0.4, -0.2) is 25.8 Å². The lowest BCUT2D eigenvalue weighted by Crippen LogP contribution is -2.06. The highest BCUT2D eigenvalue weighted by atomic mass is 16.5. The third kappa shape index (κ3) is 8.83. The van der Waals surface area contributed by atoms with Gasteiger partial charge in [0, 0.05) is 13.0 Å². The average molecular weight is 379 g/mol. The molecule has 0 radical (unpaired) electrons. The van der Waals surface area contributed by atoms with E-state index in [1.807, 2.05) is 36.4 Å². The van der Waals surface area contributed by atoms with Crippen LogP contribution in [0.25, 0.3) is 11.1 Å². The van der Waals surface area contributed by atoms with Crippen molar-refractivity contribution in [2.45, 2.75) is 32.1 Å². The summed E-state index contributed by atoms with van der Waals surface area (Å²) in [6.07, 6.45) is 9.66. The molecule has 0 atom stereocenters. The fourth-order valence-corrected chi connectivity index (χ4v) is 2.72. The molecule has 0 aliphatic carbocycles. The number of aryl methyl sites for hydroxylation is 1. The fraction of sp³-hybridized carbons (Fsp3) is 0.320. The van der Waals surface area contributed by atoms with Crippen LogP contribution in [-0.2, 0) is 20.7 Å². The Morgan fingerprint density at radius 2 is 1.64 bits per heavy atom. The first kappa shape index (κ1) is 21.6. The average Bonchev–Trinajstić information content (AvgIpc) is 2.74. The van der Waals surface area contributed by atoms with E-state index in [9.17, 15) is 4.79 Å². The maximum Gasteiger partial charge on any atom is 0.306 e. The Kier molecular flexibility index (Phi) is 10.4. The zero-order valence-corrected chi connectivity index (χ0v) is 16.5. The molecule has 28 heavy (non-hydrogen) atoms. The summed E-state index contributed by atoms with van der Waals surface area (Å²) in [5.74, 6) is -0.152. The molecule has 0 unspecified atom stereocenters. The Labute approximate surface area is 168 Å². The van der Waals surface area contributed by atoms with Gasteiger partial charge in [-0.05, 0) is 42.4 Å². The highest BCUT2D eigenvalue weighted by molar-refractivity contribution is 5.70. The molecule has 0 N–H and O–H groups in total. The molecule has 0 fully saturated rings. The van der Waals surface area contributed by atoms with Crippen LogP contribution in [0.1, 0.15) is 31.2 Å². The molecule has 3 nitrogen and oxygen atoms in total. The summed E-state index contributed by atoms with van der Waals surface area (Å²) in [4.78, 5) is 11.9. The van der Waals surface area contributed by atoms with Crippen LogP contribution in [0.2, 0.25) is 0 Å². The normalized spacial score (nSPS) is 10.9. The minimum Gasteiger partial charge on any atom is -0.465 e. The van der Waals surface area contributed by atoms with Crippen molar-refractivity contribution >= 4 is 5.97 Å². The molecule has 0 amide bonds. The van der Waals surface area contributed by atoms with Crippen LogP contribution >= 0.6 is 0 Å². The van der Waals surface area contributed by atoms with E-state index in [0.29, 0.717) is 32.5 Å². The summed E-state index contributed by atoms with van der Waals surface area (Å²) in [7, 11) is 0. The van der Waals surface area contributed by atoms with Gasteiger partial charge in [0.2, 0.25) is 0 Å². The number of rotatable bonds is 13. The molecule has 0 heterocycles. The van der Waals surface area contributed by atoms with Crippen molar-refractivity contribution in [1.82, 2.24) is 0 Å². The van der Waals surface area contributed by atoms with Crippen molar-refractivity contribution in [3.8, 4) is 11.1 Å². The molecule has 0 bridgehead atoms. The van der Waals surface area contributed by atoms with E-state index in [2.05, 4.69) is 43.0 Å². The Bertz CT molecular complexity index is 717. The summed E-state index contributed by atoms with van der Waals surface area (Å²) >= 11 is 0. The third-order valence-electron chi connectivity index (χ3n) is 4.30. The van der Waals surface area contributed by atoms with Gasteiger partial charge in [-0.2, -0.15) is 0 Å². The highest BCUT2D eigenvalue weighted by Gasteiger charge is 2.04. The molecule has 148 valence electrons. The highest BCUT2D eigenvalue weighted by Crippen LogP contribution is 2.19. The van der Waals surface area contributed by atoms with Gasteiger partial charge in [-0.15, -0.1) is 6.58 Å². The number of ether oxygens (including phenoxy) is 2. The summed E-state index contributed by atoms with van der Waals surface area (Å²) in [6.45, 7) is 5.44. The van der Waals surface area contributed by atoms with E-state index in [0.717, 1.165) is 25.0 Å². The molecule has 0 spiro atoms. The molecule has 2 aromatic carbocycles. The van der Waals surface area contributed by atoms with Gasteiger partial charge in [0.15, 0.2) is 0 Å². The SMILES string of the molecule is C=CCCCOC/C=C\CCOC(=O)CCc1ccc(-c2ccccc2)cc1. The number of carbonyl (C=O) groups excluding carboxylic acids is 1. The van der Waals surface area contributed by atoms with Gasteiger partial charge >= 0.3 is 5.97 Å². The number of hydrogen-bond donors (Lipinski definition) is 0. The van der Waals surface area contributed by atoms with Crippen molar-refractivity contribution < 1.29 is 14.3 Å². The number of benzene rings is 2. The Hall–Kier alpha value is -2.65. The van der Waals surface area contributed by atoms with Crippen molar-refractivity contribution in [3.63, 3.8) is 0 Å². The van der Waals surface area contributed by atoms with E-state index in [-0.39, 0.29) is 5.97 Å². The van der Waals surface area contributed by atoms with Crippen molar-refractivity contribution in [3.05, 3.63) is 85.0 Å². The zero-order chi connectivity index (χ0) is 19.9. The smallest absolute Gasteiger partial charge is 0.306 e. The number of esters is 1. The minimum atomic E-state index is -0.152. The lowest BCUT2D eigenvalue weighted by molar-refractivity contribution is -0.143. The number of carbonyl (C=O) groups is 1. The van der Waals surface area contributed by atoms with Crippen LogP contribution in [0.4, 0.5) is 0 Å². The first-order valence-corrected chi connectivity index (χ1v) is 9.93. The second-order valence-electron chi connectivity index (χ2n) is 6.55. The van der Waals surface area contributed by atoms with Crippen molar-refractivity contribution in [2.24, 2.45) is 0 Å². The third-order valence-corrected chi connectivity index (χ3v) is 4.30. The number of unbranched alkanes of at least 4 members (excludes halogenated alkanes) is 1. The first-order valence-electron chi connectivity index (χ1n) is 9.93. The minimum absolute atomic E-state index is 0.152. The van der Waals surface area contributed by atoms with Gasteiger partial charge in [0.25, 0.3) is 0 Å². The van der Waals surface area contributed by atoms with Crippen LogP contribution in [0.15, 0.2) is 79.4 Å². The fourth-order valence-electron chi connectivity index (χ4n) is 2.72. The van der Waals surface area contributed by atoms with Gasteiger partial charge in [-0.1, -0.05) is 72.8 Å². The first-order chi connectivity index (χ1) is 13.8. The second-order valence-corrected chi connectivity index (χ2v) is 6.55. The Balaban J connectivity index is 1.57. The van der Waals surface area contributed by atoms with E-state index in [4.69, 9.17) is 9.47 Å². The van der Waals surface area contributed by atoms with Crippen LogP contribution in [0, 0.1) is 0 Å². The van der Waals surface area contributed by atoms with E-state index < -0.39 is 0 Å². The predicted octanol–water partition coefficient (Wildman–Crippen LogP) is 5.76. The topological polar surface area (TPSA) is 35.5 Å². The van der Waals surface area contributed by atoms with Gasteiger partial charge in [-0.3, -0.25) is 4.79 Å². The number of hydrogen-bond acceptors (Lipinski definition) is 3. The van der Waals surface area contributed by atoms with Gasteiger partial charge in [0.1, 0.15) is 0 Å². The Morgan fingerprint density at radius 3 is 2.39 bits per heavy atom. The van der Waals surface area contributed by atoms with E-state index in [1.165, 1.54) is 11.1 Å². The standard InChI is InChI=1S/C25H30O3/c1-2-3-8-19-27-20-9-5-10-21-28-25(26)18-15-22-13-16-24(17-14-22)23-11-6-4-7-12-23/h2,4-7,9,11-14,16-17H,1,3,8,10,15,18-21H2/b9-5-. The van der Waals surface area contributed by atoms with Crippen molar-refractivity contribution in [1.29, 1.82) is 0 Å². The van der Waals surface area contributed by atoms with Crippen LogP contribution < -0.4 is 0 Å². The van der Waals surface area contributed by atoms with Gasteiger partial charge in [-0.25, -0.2) is 0 Å². The number of allylic oxidation sites excluding steroid dienone is 1. The van der Waals surface area contributed by atoms with E-state index >= 15 is 0 Å². The predicted molar refractivity (Wildman–Crippen MR) is 115 cm³/mol. The summed E-state index contributed by atoms with van der Waals surface area (Å²) in [6, 6.07) is 18.6. The summed E-state index contributed by atoms with van der Waals surface area (Å²) in [5.41, 5.74) is 3.53. The zero-order valence-electron chi connectivity index (χ0n) is 16.5. The molecule has 3 heteroatoms. The second kappa shape index (κ2) is 13.5. The molecule has 0 saturated heterocycles. The van der Waals surface area contributed by atoms with Crippen molar-refractivity contribution in [2.75, 3.05) is 19.8 Å². The lowest BCUT2D eigenvalue weighted by atomic mass is 10.0. The Morgan fingerprint density at radius 1 is 0.893 bits per heavy atom. The van der Waals surface area contributed by atoms with E-state index in [1.54, 1.807) is 0 Å². The molecular formula is C25H30O3. The molecule has 2 rings (SSSR count). The van der Waals surface area contributed by atoms with Gasteiger partial charge in [0.05, 0.1) is 13.2 Å².